The van der Waals surface area contributed by atoms with Gasteiger partial charge in [0.25, 0.3) is 7.28 Å². The molecule has 81 valence electrons. The van der Waals surface area contributed by atoms with Gasteiger partial charge in [-0.15, -0.1) is 0 Å². The van der Waals surface area contributed by atoms with Crippen LogP contribution in [0.25, 0.3) is 0 Å². The Hall–Kier alpha value is -2.21. The molecule has 2 nitrogen and oxygen atoms in total. The van der Waals surface area contributed by atoms with Gasteiger partial charge in [-0.1, -0.05) is 47.9 Å². The van der Waals surface area contributed by atoms with Gasteiger partial charge in [-0.25, -0.2) is 5.26 Å². The molecular weight excluding hydrogens is 209 g/mol. The van der Waals surface area contributed by atoms with Crippen LogP contribution in [0.15, 0.2) is 54.6 Å². The molecule has 3 heteroatoms. The Balaban J connectivity index is 2.00. The van der Waals surface area contributed by atoms with Gasteiger partial charge in [0, 0.05) is 5.97 Å². The maximum Gasteiger partial charge on any atom is 0.292 e. The van der Waals surface area contributed by atoms with Crippen molar-refractivity contribution >= 4 is 12.7 Å². The topological polar surface area (TPSA) is 33.0 Å². The monoisotopic (exact) mass is 220 g/mol. The van der Waals surface area contributed by atoms with Crippen molar-refractivity contribution in [3.63, 3.8) is 0 Å². The lowest BCUT2D eigenvalue weighted by molar-refractivity contribution is 0.306. The van der Waals surface area contributed by atoms with Crippen molar-refractivity contribution in [3.05, 3.63) is 60.2 Å². The smallest absolute Gasteiger partial charge is 0.292 e. The summed E-state index contributed by atoms with van der Waals surface area (Å²) < 4.78 is 5.65. The highest BCUT2D eigenvalue weighted by molar-refractivity contribution is 6.61. The number of benzene rings is 2. The molecule has 0 saturated heterocycles. The van der Waals surface area contributed by atoms with E-state index in [4.69, 9.17) is 10.00 Å². The van der Waals surface area contributed by atoms with E-state index >= 15 is 0 Å². The molecule has 2 rings (SSSR count). The predicted octanol–water partition coefficient (Wildman–Crippen LogP) is 2.08. The largest absolute Gasteiger partial charge is 0.489 e. The molecule has 0 atom stereocenters. The minimum atomic E-state index is 0.539. The van der Waals surface area contributed by atoms with Gasteiger partial charge in [-0.05, 0) is 17.7 Å². The summed E-state index contributed by atoms with van der Waals surface area (Å²) in [5, 5.41) is 8.57. The standard InChI is InChI=1S/C14H11BNO/c16-11-15-13-7-4-8-14(9-13)17-10-12-5-2-1-3-6-12/h1-9H,10H2. The molecule has 0 aliphatic rings. The first-order chi connectivity index (χ1) is 8.38. The third kappa shape index (κ3) is 3.39. The van der Waals surface area contributed by atoms with Gasteiger partial charge in [0.1, 0.15) is 12.4 Å². The van der Waals surface area contributed by atoms with E-state index in [-0.39, 0.29) is 0 Å². The van der Waals surface area contributed by atoms with Gasteiger partial charge in [-0.2, -0.15) is 0 Å². The molecule has 0 spiro atoms. The zero-order chi connectivity index (χ0) is 11.9. The molecule has 0 bridgehead atoms. The summed E-state index contributed by atoms with van der Waals surface area (Å²) in [5.74, 6) is 2.78. The maximum absolute atomic E-state index is 8.57. The molecule has 0 heterocycles. The first-order valence-electron chi connectivity index (χ1n) is 5.38. The van der Waals surface area contributed by atoms with Crippen LogP contribution in [-0.2, 0) is 6.61 Å². The third-order valence-corrected chi connectivity index (χ3v) is 2.34. The van der Waals surface area contributed by atoms with E-state index in [1.165, 1.54) is 7.28 Å². The summed E-state index contributed by atoms with van der Waals surface area (Å²) in [6.07, 6.45) is 0. The normalized spacial score (nSPS) is 9.35. The summed E-state index contributed by atoms with van der Waals surface area (Å²) in [6.45, 7) is 0.539. The van der Waals surface area contributed by atoms with Crippen LogP contribution in [0.2, 0.25) is 0 Å². The van der Waals surface area contributed by atoms with Gasteiger partial charge in [0.15, 0.2) is 0 Å². The Morgan fingerprint density at radius 1 is 1.06 bits per heavy atom. The van der Waals surface area contributed by atoms with Crippen molar-refractivity contribution in [1.29, 1.82) is 5.26 Å². The van der Waals surface area contributed by atoms with E-state index < -0.39 is 0 Å². The van der Waals surface area contributed by atoms with Crippen molar-refractivity contribution < 1.29 is 4.74 Å². The number of nitrogens with zero attached hydrogens (tertiary/aromatic N) is 1. The first kappa shape index (κ1) is 11.3. The lowest BCUT2D eigenvalue weighted by atomic mass is 9.73. The Morgan fingerprint density at radius 2 is 1.88 bits per heavy atom. The molecule has 0 unspecified atom stereocenters. The molecule has 0 aliphatic carbocycles. The predicted molar refractivity (Wildman–Crippen MR) is 68.2 cm³/mol. The Labute approximate surface area is 102 Å². The van der Waals surface area contributed by atoms with Crippen molar-refractivity contribution in [3.8, 4) is 11.7 Å². The molecular formula is C14H11BNO. The van der Waals surface area contributed by atoms with Crippen molar-refractivity contribution in [1.82, 2.24) is 0 Å². The van der Waals surface area contributed by atoms with Crippen LogP contribution >= 0.6 is 0 Å². The summed E-state index contributed by atoms with van der Waals surface area (Å²) in [7, 11) is 1.50. The van der Waals surface area contributed by atoms with Crippen LogP contribution in [0.4, 0.5) is 0 Å². The van der Waals surface area contributed by atoms with Crippen LogP contribution in [0.3, 0.4) is 0 Å². The lowest BCUT2D eigenvalue weighted by Crippen LogP contribution is -2.11. The highest BCUT2D eigenvalue weighted by atomic mass is 16.5. The highest BCUT2D eigenvalue weighted by Crippen LogP contribution is 2.10. The number of hydrogen-bond donors (Lipinski definition) is 0. The molecule has 0 amide bonds. The van der Waals surface area contributed by atoms with Gasteiger partial charge < -0.3 is 4.74 Å². The molecule has 1 radical (unpaired) electrons. The fraction of sp³-hybridized carbons (Fsp3) is 0.0714. The van der Waals surface area contributed by atoms with Gasteiger partial charge >= 0.3 is 0 Å². The zero-order valence-corrected chi connectivity index (χ0v) is 9.34. The van der Waals surface area contributed by atoms with Crippen molar-refractivity contribution in [2.24, 2.45) is 0 Å². The van der Waals surface area contributed by atoms with Crippen LogP contribution in [0, 0.1) is 11.2 Å². The van der Waals surface area contributed by atoms with Crippen molar-refractivity contribution in [2.75, 3.05) is 0 Å². The quantitative estimate of drug-likeness (QED) is 0.739. The highest BCUT2D eigenvalue weighted by Gasteiger charge is 1.98. The minimum absolute atomic E-state index is 0.539. The second-order valence-electron chi connectivity index (χ2n) is 3.62. The number of hydrogen-bond acceptors (Lipinski definition) is 2. The minimum Gasteiger partial charge on any atom is -0.489 e. The van der Waals surface area contributed by atoms with E-state index in [0.717, 1.165) is 16.8 Å². The second-order valence-corrected chi connectivity index (χ2v) is 3.62. The van der Waals surface area contributed by atoms with E-state index in [9.17, 15) is 0 Å². The van der Waals surface area contributed by atoms with E-state index in [1.54, 1.807) is 0 Å². The van der Waals surface area contributed by atoms with Crippen LogP contribution in [0.1, 0.15) is 5.56 Å². The third-order valence-electron chi connectivity index (χ3n) is 2.34. The number of ether oxygens (including phenoxy) is 1. The Kier molecular flexibility index (Phi) is 3.83. The van der Waals surface area contributed by atoms with E-state index in [1.807, 2.05) is 60.6 Å². The van der Waals surface area contributed by atoms with Crippen LogP contribution in [0.5, 0.6) is 5.75 Å². The summed E-state index contributed by atoms with van der Waals surface area (Å²) in [5.41, 5.74) is 1.99. The first-order valence-corrected chi connectivity index (χ1v) is 5.38. The molecule has 17 heavy (non-hydrogen) atoms. The molecule has 2 aromatic carbocycles. The van der Waals surface area contributed by atoms with Gasteiger partial charge in [0.2, 0.25) is 0 Å². The summed E-state index contributed by atoms with van der Waals surface area (Å²) in [4.78, 5) is 0. The van der Waals surface area contributed by atoms with Crippen molar-refractivity contribution in [2.45, 2.75) is 6.61 Å². The molecule has 0 fully saturated rings. The number of rotatable bonds is 4. The lowest BCUT2D eigenvalue weighted by Gasteiger charge is -2.06. The average molecular weight is 220 g/mol. The average Bonchev–Trinajstić information content (AvgIpc) is 2.39. The molecule has 2 aromatic rings. The Morgan fingerprint density at radius 3 is 2.65 bits per heavy atom. The second kappa shape index (κ2) is 5.76. The fourth-order valence-electron chi connectivity index (χ4n) is 1.51. The van der Waals surface area contributed by atoms with Gasteiger partial charge in [0.05, 0.1) is 0 Å². The molecule has 0 N–H and O–H groups in total. The molecule has 0 aromatic heterocycles. The maximum atomic E-state index is 8.57. The SMILES string of the molecule is N#C[B]c1cccc(OCc2ccccc2)c1. The van der Waals surface area contributed by atoms with Crippen LogP contribution in [-0.4, -0.2) is 7.28 Å². The van der Waals surface area contributed by atoms with E-state index in [2.05, 4.69) is 0 Å². The van der Waals surface area contributed by atoms with E-state index in [0.29, 0.717) is 6.61 Å². The fourth-order valence-corrected chi connectivity index (χ4v) is 1.51. The molecule has 0 saturated carbocycles. The zero-order valence-electron chi connectivity index (χ0n) is 9.34. The van der Waals surface area contributed by atoms with Gasteiger partial charge in [-0.3, -0.25) is 0 Å². The number of nitriles is 1. The summed E-state index contributed by atoms with van der Waals surface area (Å²) in [6, 6.07) is 17.5. The Bertz CT molecular complexity index is 519. The summed E-state index contributed by atoms with van der Waals surface area (Å²) >= 11 is 0. The van der Waals surface area contributed by atoms with Crippen LogP contribution < -0.4 is 10.2 Å². The molecule has 0 aliphatic heterocycles.